The number of ether oxygens (including phenoxy) is 3. The molecule has 0 saturated heterocycles. The molecule has 0 spiro atoms. The van der Waals surface area contributed by atoms with Crippen LogP contribution < -0.4 is 14.8 Å². The number of rotatable bonds is 6. The van der Waals surface area contributed by atoms with Crippen LogP contribution in [0.1, 0.15) is 31.9 Å². The molecule has 1 atom stereocenters. The summed E-state index contributed by atoms with van der Waals surface area (Å²) in [4.78, 5) is 12.8. The summed E-state index contributed by atoms with van der Waals surface area (Å²) in [5.41, 5.74) is 1.81. The van der Waals surface area contributed by atoms with Crippen LogP contribution in [0.2, 0.25) is 0 Å². The quantitative estimate of drug-likeness (QED) is 0.688. The lowest BCUT2D eigenvalue weighted by atomic mass is 9.95. The maximum atomic E-state index is 12.8. The van der Waals surface area contributed by atoms with Crippen molar-refractivity contribution in [3.8, 4) is 11.5 Å². The second-order valence-corrected chi connectivity index (χ2v) is 6.74. The highest BCUT2D eigenvalue weighted by Gasteiger charge is 2.35. The summed E-state index contributed by atoms with van der Waals surface area (Å²) in [6.07, 6.45) is 0.730. The third-order valence-electron chi connectivity index (χ3n) is 4.14. The number of hydrogen-bond acceptors (Lipinski definition) is 8. The Bertz CT molecular complexity index is 895. The summed E-state index contributed by atoms with van der Waals surface area (Å²) in [5.74, 6) is 1.10. The van der Waals surface area contributed by atoms with E-state index in [4.69, 9.17) is 14.2 Å². The molecule has 3 rings (SSSR count). The molecule has 1 aliphatic heterocycles. The lowest BCUT2D eigenvalue weighted by molar-refractivity contribution is -0.139. The molecule has 0 bridgehead atoms. The molecule has 0 radical (unpaired) electrons. The van der Waals surface area contributed by atoms with E-state index in [9.17, 15) is 4.79 Å². The predicted molar refractivity (Wildman–Crippen MR) is 101 cm³/mol. The topological polar surface area (TPSA) is 100 Å². The number of hydrogen-bond donors (Lipinski definition) is 1. The van der Waals surface area contributed by atoms with Gasteiger partial charge in [-0.3, -0.25) is 0 Å². The molecule has 0 saturated carbocycles. The number of halogens is 1. The van der Waals surface area contributed by atoms with E-state index >= 15 is 0 Å². The molecule has 144 valence electrons. The van der Waals surface area contributed by atoms with Crippen molar-refractivity contribution in [1.82, 2.24) is 20.2 Å². The Morgan fingerprint density at radius 3 is 2.78 bits per heavy atom. The number of nitrogens with zero attached hydrogens (tertiary/aromatic N) is 4. The number of esters is 1. The van der Waals surface area contributed by atoms with E-state index in [1.54, 1.807) is 31.9 Å². The molecule has 0 aliphatic carbocycles. The minimum absolute atomic E-state index is 0.334. The third-order valence-corrected chi connectivity index (χ3v) is 4.73. The highest BCUT2D eigenvalue weighted by molar-refractivity contribution is 9.10. The van der Waals surface area contributed by atoms with Gasteiger partial charge in [-0.25, -0.2) is 4.79 Å². The Labute approximate surface area is 164 Å². The summed E-state index contributed by atoms with van der Waals surface area (Å²) >= 11 is 3.50. The summed E-state index contributed by atoms with van der Waals surface area (Å²) in [5, 5.41) is 14.8. The van der Waals surface area contributed by atoms with E-state index in [1.807, 2.05) is 13.0 Å². The molecule has 27 heavy (non-hydrogen) atoms. The van der Waals surface area contributed by atoms with E-state index in [-0.39, 0.29) is 0 Å². The normalized spacial score (nSPS) is 15.8. The molecule has 9 nitrogen and oxygen atoms in total. The van der Waals surface area contributed by atoms with Crippen LogP contribution in [0.25, 0.3) is 0 Å². The first-order chi connectivity index (χ1) is 13.0. The van der Waals surface area contributed by atoms with Crippen LogP contribution in [0.4, 0.5) is 5.95 Å². The monoisotopic (exact) mass is 437 g/mol. The lowest BCUT2D eigenvalue weighted by Crippen LogP contribution is -2.30. The Hall–Kier alpha value is -2.62. The fourth-order valence-electron chi connectivity index (χ4n) is 2.95. The summed E-state index contributed by atoms with van der Waals surface area (Å²) in [6.45, 7) is 4.07. The zero-order chi connectivity index (χ0) is 19.6. The number of benzene rings is 1. The molecule has 1 aliphatic rings. The second kappa shape index (κ2) is 7.95. The van der Waals surface area contributed by atoms with Gasteiger partial charge in [-0.15, -0.1) is 0 Å². The number of carbonyl (C=O) groups is 1. The van der Waals surface area contributed by atoms with Crippen molar-refractivity contribution in [2.24, 2.45) is 0 Å². The molecule has 2 aromatic rings. The highest BCUT2D eigenvalue weighted by Crippen LogP contribution is 2.42. The average Bonchev–Trinajstić information content (AvgIpc) is 3.12. The van der Waals surface area contributed by atoms with Crippen molar-refractivity contribution in [3.63, 3.8) is 0 Å². The minimum atomic E-state index is -0.572. The molecule has 1 N–H and O–H groups in total. The zero-order valence-electron chi connectivity index (χ0n) is 15.4. The van der Waals surface area contributed by atoms with Crippen LogP contribution in [0.15, 0.2) is 27.9 Å². The van der Waals surface area contributed by atoms with Gasteiger partial charge in [-0.05, 0) is 57.4 Å². The van der Waals surface area contributed by atoms with Gasteiger partial charge in [0.2, 0.25) is 5.95 Å². The van der Waals surface area contributed by atoms with Gasteiger partial charge < -0.3 is 19.5 Å². The van der Waals surface area contributed by atoms with Crippen LogP contribution in [0.5, 0.6) is 11.5 Å². The largest absolute Gasteiger partial charge is 0.493 e. The number of allylic oxidation sites excluding steroid dienone is 1. The third kappa shape index (κ3) is 3.48. The maximum Gasteiger partial charge on any atom is 0.338 e. The van der Waals surface area contributed by atoms with Crippen LogP contribution >= 0.6 is 15.9 Å². The Morgan fingerprint density at radius 2 is 2.11 bits per heavy atom. The highest BCUT2D eigenvalue weighted by atomic mass is 79.9. The van der Waals surface area contributed by atoms with E-state index < -0.39 is 12.0 Å². The zero-order valence-corrected chi connectivity index (χ0v) is 17.0. The van der Waals surface area contributed by atoms with Crippen molar-refractivity contribution in [2.75, 3.05) is 26.1 Å². The first-order valence-electron chi connectivity index (χ1n) is 8.36. The first kappa shape index (κ1) is 19.2. The molecule has 0 fully saturated rings. The molecule has 1 aromatic heterocycles. The molecular weight excluding hydrogens is 418 g/mol. The number of anilines is 1. The van der Waals surface area contributed by atoms with E-state index in [1.165, 1.54) is 0 Å². The van der Waals surface area contributed by atoms with Crippen molar-refractivity contribution in [1.29, 1.82) is 0 Å². The number of fused-ring (bicyclic) bond motifs is 1. The fraction of sp³-hybridized carbons (Fsp3) is 0.412. The molecule has 1 aromatic carbocycles. The average molecular weight is 438 g/mol. The summed E-state index contributed by atoms with van der Waals surface area (Å²) < 4.78 is 18.4. The molecular formula is C17H20BrN5O4. The maximum absolute atomic E-state index is 12.8. The van der Waals surface area contributed by atoms with Crippen LogP contribution in [0.3, 0.4) is 0 Å². The standard InChI is InChI=1S/C17H20BrN5O4/c1-5-6-27-16(24)13-9(2)19-17-20-21-22-23(17)14(13)10-7-11(18)15(26-4)12(8-10)25-3/h7-8,14H,5-6H2,1-4H3,(H,19,20,22). The first-order valence-corrected chi connectivity index (χ1v) is 9.15. The number of methoxy groups -OCH3 is 2. The van der Waals surface area contributed by atoms with Crippen molar-refractivity contribution in [2.45, 2.75) is 26.3 Å². The number of aromatic nitrogens is 4. The summed E-state index contributed by atoms with van der Waals surface area (Å²) in [7, 11) is 3.11. The lowest BCUT2D eigenvalue weighted by Gasteiger charge is -2.28. The van der Waals surface area contributed by atoms with E-state index in [0.29, 0.717) is 39.8 Å². The van der Waals surface area contributed by atoms with Gasteiger partial charge in [-0.1, -0.05) is 12.0 Å². The van der Waals surface area contributed by atoms with Gasteiger partial charge in [-0.2, -0.15) is 4.68 Å². The van der Waals surface area contributed by atoms with Crippen LogP contribution in [-0.2, 0) is 9.53 Å². The molecule has 10 heteroatoms. The Kier molecular flexibility index (Phi) is 5.64. The van der Waals surface area contributed by atoms with Crippen molar-refractivity contribution < 1.29 is 19.0 Å². The van der Waals surface area contributed by atoms with E-state index in [2.05, 4.69) is 36.8 Å². The minimum Gasteiger partial charge on any atom is -0.493 e. The second-order valence-electron chi connectivity index (χ2n) is 5.89. The van der Waals surface area contributed by atoms with Gasteiger partial charge in [0.25, 0.3) is 0 Å². The molecule has 0 amide bonds. The van der Waals surface area contributed by atoms with Gasteiger partial charge in [0, 0.05) is 5.70 Å². The molecule has 2 heterocycles. The predicted octanol–water partition coefficient (Wildman–Crippen LogP) is 2.69. The molecule has 1 unspecified atom stereocenters. The number of nitrogens with one attached hydrogen (secondary N) is 1. The van der Waals surface area contributed by atoms with Crippen molar-refractivity contribution >= 4 is 27.8 Å². The van der Waals surface area contributed by atoms with Crippen LogP contribution in [0, 0.1) is 0 Å². The van der Waals surface area contributed by atoms with Gasteiger partial charge in [0.05, 0.1) is 30.9 Å². The smallest absolute Gasteiger partial charge is 0.338 e. The Morgan fingerprint density at radius 1 is 1.33 bits per heavy atom. The Balaban J connectivity index is 2.15. The van der Waals surface area contributed by atoms with Gasteiger partial charge in [0.15, 0.2) is 11.5 Å². The van der Waals surface area contributed by atoms with Crippen molar-refractivity contribution in [3.05, 3.63) is 33.4 Å². The SMILES string of the molecule is CCCOC(=O)C1=C(C)Nc2nnnn2C1c1cc(Br)c(OC)c(OC)c1. The van der Waals surface area contributed by atoms with E-state index in [0.717, 1.165) is 12.0 Å². The number of tetrazole rings is 1. The van der Waals surface area contributed by atoms with Gasteiger partial charge >= 0.3 is 5.97 Å². The summed E-state index contributed by atoms with van der Waals surface area (Å²) in [6, 6.07) is 3.07. The van der Waals surface area contributed by atoms with Gasteiger partial charge in [0.1, 0.15) is 6.04 Å². The fourth-order valence-corrected chi connectivity index (χ4v) is 3.57. The van der Waals surface area contributed by atoms with Crippen LogP contribution in [-0.4, -0.2) is 47.0 Å². The number of carbonyl (C=O) groups excluding carboxylic acids is 1.